The zero-order valence-electron chi connectivity index (χ0n) is 14.3. The molecule has 0 aromatic heterocycles. The van der Waals surface area contributed by atoms with Crippen molar-refractivity contribution in [2.24, 2.45) is 0 Å². The van der Waals surface area contributed by atoms with Gasteiger partial charge in [-0.1, -0.05) is 24.1 Å². The summed E-state index contributed by atoms with van der Waals surface area (Å²) in [6, 6.07) is 7.70. The molecule has 6 nitrogen and oxygen atoms in total. The van der Waals surface area contributed by atoms with E-state index >= 15 is 0 Å². The van der Waals surface area contributed by atoms with Crippen LogP contribution < -0.4 is 5.32 Å². The highest BCUT2D eigenvalue weighted by Crippen LogP contribution is 2.31. The average molecular weight is 413 g/mol. The number of carbonyl (C=O) groups excluding carboxylic acids is 1. The number of halogens is 2. The molecule has 0 aliphatic carbocycles. The number of piperidine rings is 1. The number of nitrogens with zero attached hydrogens (tertiary/aromatic N) is 1. The third-order valence-electron chi connectivity index (χ3n) is 4.33. The molecule has 9 heteroatoms. The van der Waals surface area contributed by atoms with Gasteiger partial charge in [0.25, 0.3) is 5.91 Å². The summed E-state index contributed by atoms with van der Waals surface area (Å²) in [5.74, 6) is -2.41. The normalized spacial score (nSPS) is 15.5. The van der Waals surface area contributed by atoms with Crippen molar-refractivity contribution in [2.75, 3.05) is 18.4 Å². The van der Waals surface area contributed by atoms with Gasteiger partial charge in [0.05, 0.1) is 10.6 Å². The van der Waals surface area contributed by atoms with E-state index in [9.17, 15) is 22.7 Å². The average Bonchev–Trinajstić information content (AvgIpc) is 2.66. The molecule has 1 saturated heterocycles. The molecule has 2 aromatic carbocycles. The Morgan fingerprint density at radius 3 is 2.56 bits per heavy atom. The number of rotatable bonds is 4. The van der Waals surface area contributed by atoms with Crippen molar-refractivity contribution < 1.29 is 22.7 Å². The van der Waals surface area contributed by atoms with E-state index in [-0.39, 0.29) is 21.2 Å². The summed E-state index contributed by atoms with van der Waals surface area (Å²) < 4.78 is 40.5. The van der Waals surface area contributed by atoms with E-state index in [4.69, 9.17) is 11.6 Å². The summed E-state index contributed by atoms with van der Waals surface area (Å²) in [7, 11) is -3.69. The Bertz CT molecular complexity index is 975. The molecule has 2 aromatic rings. The molecule has 3 rings (SSSR count). The topological polar surface area (TPSA) is 86.7 Å². The van der Waals surface area contributed by atoms with Gasteiger partial charge in [-0.25, -0.2) is 12.8 Å². The van der Waals surface area contributed by atoms with Crippen LogP contribution in [0.3, 0.4) is 0 Å². The Balaban J connectivity index is 1.86. The standard InChI is InChI=1S/C18H18ClFN2O4S/c19-13-10-15(20)17(23)16(11-13)21-18(24)12-5-4-6-14(9-12)27(25,26)22-7-2-1-3-8-22/h4-6,9-11,23H,1-3,7-8H2,(H,21,24). The zero-order valence-corrected chi connectivity index (χ0v) is 15.9. The number of phenolic OH excluding ortho intramolecular Hbond substituents is 1. The molecule has 0 radical (unpaired) electrons. The Kier molecular flexibility index (Phi) is 5.69. The van der Waals surface area contributed by atoms with Crippen LogP contribution in [0.15, 0.2) is 41.3 Å². The van der Waals surface area contributed by atoms with Crippen molar-refractivity contribution in [1.82, 2.24) is 4.31 Å². The van der Waals surface area contributed by atoms with Crippen LogP contribution in [0.4, 0.5) is 10.1 Å². The lowest BCUT2D eigenvalue weighted by Gasteiger charge is -2.26. The quantitative estimate of drug-likeness (QED) is 0.751. The largest absolute Gasteiger partial charge is 0.503 e. The molecular formula is C18H18ClFN2O4S. The lowest BCUT2D eigenvalue weighted by molar-refractivity contribution is 0.102. The van der Waals surface area contributed by atoms with E-state index < -0.39 is 27.5 Å². The lowest BCUT2D eigenvalue weighted by Crippen LogP contribution is -2.35. The number of hydrogen-bond donors (Lipinski definition) is 2. The predicted octanol–water partition coefficient (Wildman–Crippen LogP) is 3.61. The predicted molar refractivity (Wildman–Crippen MR) is 100 cm³/mol. The summed E-state index contributed by atoms with van der Waals surface area (Å²) in [4.78, 5) is 12.5. The molecule has 1 heterocycles. The molecule has 0 atom stereocenters. The van der Waals surface area contributed by atoms with E-state index in [1.54, 1.807) is 0 Å². The third-order valence-corrected chi connectivity index (χ3v) is 6.44. The monoisotopic (exact) mass is 412 g/mol. The van der Waals surface area contributed by atoms with E-state index in [1.807, 2.05) is 0 Å². The molecule has 2 N–H and O–H groups in total. The molecule has 27 heavy (non-hydrogen) atoms. The first-order chi connectivity index (χ1) is 12.8. The first-order valence-electron chi connectivity index (χ1n) is 8.38. The molecule has 1 amide bonds. The summed E-state index contributed by atoms with van der Waals surface area (Å²) >= 11 is 5.74. The Hall–Kier alpha value is -2.16. The molecule has 1 aliphatic heterocycles. The summed E-state index contributed by atoms with van der Waals surface area (Å²) in [6.45, 7) is 0.906. The van der Waals surface area contributed by atoms with Crippen molar-refractivity contribution in [1.29, 1.82) is 0 Å². The van der Waals surface area contributed by atoms with Gasteiger partial charge in [-0.2, -0.15) is 4.31 Å². The van der Waals surface area contributed by atoms with Crippen LogP contribution in [0.5, 0.6) is 5.75 Å². The van der Waals surface area contributed by atoms with E-state index in [0.29, 0.717) is 13.1 Å². The van der Waals surface area contributed by atoms with Crippen molar-refractivity contribution in [3.63, 3.8) is 0 Å². The van der Waals surface area contributed by atoms with E-state index in [0.717, 1.165) is 25.3 Å². The third kappa shape index (κ3) is 4.23. The first kappa shape index (κ1) is 19.6. The molecule has 0 unspecified atom stereocenters. The van der Waals surface area contributed by atoms with Gasteiger partial charge < -0.3 is 10.4 Å². The van der Waals surface area contributed by atoms with Gasteiger partial charge in [0.1, 0.15) is 0 Å². The van der Waals surface area contributed by atoms with Gasteiger partial charge in [0.2, 0.25) is 10.0 Å². The highest BCUT2D eigenvalue weighted by atomic mass is 35.5. The van der Waals surface area contributed by atoms with Crippen LogP contribution in [0, 0.1) is 5.82 Å². The van der Waals surface area contributed by atoms with Crippen LogP contribution in [0.1, 0.15) is 29.6 Å². The molecule has 0 bridgehead atoms. The van der Waals surface area contributed by atoms with Crippen LogP contribution in [-0.2, 0) is 10.0 Å². The molecule has 1 aliphatic rings. The van der Waals surface area contributed by atoms with Gasteiger partial charge in [-0.15, -0.1) is 0 Å². The maximum absolute atomic E-state index is 13.5. The zero-order chi connectivity index (χ0) is 19.6. The number of hydrogen-bond acceptors (Lipinski definition) is 4. The van der Waals surface area contributed by atoms with E-state index in [2.05, 4.69) is 5.32 Å². The van der Waals surface area contributed by atoms with Gasteiger partial charge in [0.15, 0.2) is 11.6 Å². The summed E-state index contributed by atoms with van der Waals surface area (Å²) in [6.07, 6.45) is 2.60. The Morgan fingerprint density at radius 2 is 1.85 bits per heavy atom. The fourth-order valence-electron chi connectivity index (χ4n) is 2.91. The van der Waals surface area contributed by atoms with E-state index in [1.165, 1.54) is 34.6 Å². The Labute approximate surface area is 161 Å². The molecule has 144 valence electrons. The number of benzene rings is 2. The minimum absolute atomic E-state index is 0.00188. The minimum atomic E-state index is -3.69. The van der Waals surface area contributed by atoms with Crippen molar-refractivity contribution in [3.05, 3.63) is 52.8 Å². The maximum Gasteiger partial charge on any atom is 0.255 e. The first-order valence-corrected chi connectivity index (χ1v) is 10.2. The molecular weight excluding hydrogens is 395 g/mol. The molecule has 0 spiro atoms. The lowest BCUT2D eigenvalue weighted by atomic mass is 10.2. The van der Waals surface area contributed by atoms with Gasteiger partial charge in [0, 0.05) is 23.7 Å². The number of amides is 1. The maximum atomic E-state index is 13.5. The van der Waals surface area contributed by atoms with Crippen molar-refractivity contribution in [2.45, 2.75) is 24.2 Å². The molecule has 1 fully saturated rings. The van der Waals surface area contributed by atoms with Crippen molar-refractivity contribution >= 4 is 33.2 Å². The SMILES string of the molecule is O=C(Nc1cc(Cl)cc(F)c1O)c1cccc(S(=O)(=O)N2CCCCC2)c1. The number of sulfonamides is 1. The van der Waals surface area contributed by atoms with Crippen molar-refractivity contribution in [3.8, 4) is 5.75 Å². The number of carbonyl (C=O) groups is 1. The summed E-state index contributed by atoms with van der Waals surface area (Å²) in [5.41, 5.74) is -0.137. The number of phenols is 1. The minimum Gasteiger partial charge on any atom is -0.503 e. The smallest absolute Gasteiger partial charge is 0.255 e. The van der Waals surface area contributed by atoms with Gasteiger partial charge >= 0.3 is 0 Å². The number of anilines is 1. The van der Waals surface area contributed by atoms with Gasteiger partial charge in [-0.3, -0.25) is 4.79 Å². The second-order valence-electron chi connectivity index (χ2n) is 6.23. The second kappa shape index (κ2) is 7.84. The highest BCUT2D eigenvalue weighted by Gasteiger charge is 2.26. The highest BCUT2D eigenvalue weighted by molar-refractivity contribution is 7.89. The van der Waals surface area contributed by atoms with Crippen LogP contribution in [-0.4, -0.2) is 36.8 Å². The molecule has 0 saturated carbocycles. The summed E-state index contributed by atoms with van der Waals surface area (Å²) in [5, 5.41) is 12.1. The van der Waals surface area contributed by atoms with Crippen LogP contribution in [0.2, 0.25) is 5.02 Å². The van der Waals surface area contributed by atoms with Crippen LogP contribution in [0.25, 0.3) is 0 Å². The fourth-order valence-corrected chi connectivity index (χ4v) is 4.68. The fraction of sp³-hybridized carbons (Fsp3) is 0.278. The van der Waals surface area contributed by atoms with Crippen LogP contribution >= 0.6 is 11.6 Å². The second-order valence-corrected chi connectivity index (χ2v) is 8.60. The van der Waals surface area contributed by atoms with Gasteiger partial charge in [-0.05, 0) is 43.2 Å². The number of nitrogens with one attached hydrogen (secondary N) is 1. The Morgan fingerprint density at radius 1 is 1.15 bits per heavy atom. The number of aromatic hydroxyl groups is 1.